The second-order valence-corrected chi connectivity index (χ2v) is 4.06. The van der Waals surface area contributed by atoms with Crippen LogP contribution in [0.25, 0.3) is 0 Å². The Labute approximate surface area is 97.8 Å². The van der Waals surface area contributed by atoms with Crippen molar-refractivity contribution >= 4 is 0 Å². The molecule has 0 fully saturated rings. The first-order valence-electron chi connectivity index (χ1n) is 5.57. The van der Waals surface area contributed by atoms with E-state index in [4.69, 9.17) is 9.47 Å². The van der Waals surface area contributed by atoms with Gasteiger partial charge in [-0.1, -0.05) is 26.0 Å². The van der Waals surface area contributed by atoms with Crippen LogP contribution in [-0.2, 0) is 4.74 Å². The second kappa shape index (κ2) is 6.51. The number of benzene rings is 1. The maximum atomic E-state index is 5.47. The molecule has 0 heterocycles. The smallest absolute Gasteiger partial charge is 0.119 e. The van der Waals surface area contributed by atoms with Crippen molar-refractivity contribution in [2.75, 3.05) is 20.8 Å². The highest BCUT2D eigenvalue weighted by molar-refractivity contribution is 5.30. The molecule has 0 aliphatic carbocycles. The maximum absolute atomic E-state index is 5.47. The molecule has 1 N–H and O–H groups in total. The molecule has 3 heteroatoms. The molecule has 0 amide bonds. The minimum absolute atomic E-state index is 0.0671. The molecule has 0 bridgehead atoms. The number of methoxy groups -OCH3 is 2. The second-order valence-electron chi connectivity index (χ2n) is 4.06. The molecule has 16 heavy (non-hydrogen) atoms. The van der Waals surface area contributed by atoms with Gasteiger partial charge in [0.25, 0.3) is 0 Å². The zero-order valence-electron chi connectivity index (χ0n) is 10.5. The van der Waals surface area contributed by atoms with E-state index in [2.05, 4.69) is 25.2 Å². The quantitative estimate of drug-likeness (QED) is 0.803. The first-order chi connectivity index (χ1) is 7.67. The van der Waals surface area contributed by atoms with Crippen LogP contribution in [0.2, 0.25) is 0 Å². The van der Waals surface area contributed by atoms with Crippen molar-refractivity contribution in [1.82, 2.24) is 5.32 Å². The molecule has 1 atom stereocenters. The Bertz CT molecular complexity index is 313. The molecule has 0 radical (unpaired) electrons. The van der Waals surface area contributed by atoms with Crippen LogP contribution in [0, 0.1) is 0 Å². The van der Waals surface area contributed by atoms with Gasteiger partial charge in [0.05, 0.1) is 13.2 Å². The van der Waals surface area contributed by atoms with E-state index >= 15 is 0 Å². The minimum atomic E-state index is 0.0671. The Morgan fingerprint density at radius 1 is 1.25 bits per heavy atom. The lowest BCUT2D eigenvalue weighted by molar-refractivity contribution is 0.100. The standard InChI is InChI=1S/C13H21NO2/c1-10(2)14-9-13(16-4)11-6-5-7-12(8-11)15-3/h5-8,10,13-14H,9H2,1-4H3. The normalized spacial score (nSPS) is 12.8. The predicted octanol–water partition coefficient (Wildman–Crippen LogP) is 2.38. The molecular weight excluding hydrogens is 202 g/mol. The summed E-state index contributed by atoms with van der Waals surface area (Å²) in [5, 5.41) is 3.37. The van der Waals surface area contributed by atoms with Crippen LogP contribution >= 0.6 is 0 Å². The molecule has 90 valence electrons. The Morgan fingerprint density at radius 2 is 2.00 bits per heavy atom. The molecular formula is C13H21NO2. The van der Waals surface area contributed by atoms with Gasteiger partial charge in [-0.25, -0.2) is 0 Å². The van der Waals surface area contributed by atoms with Crippen molar-refractivity contribution in [2.45, 2.75) is 26.0 Å². The van der Waals surface area contributed by atoms with Gasteiger partial charge in [0.1, 0.15) is 5.75 Å². The first kappa shape index (κ1) is 13.0. The molecule has 0 saturated carbocycles. The monoisotopic (exact) mass is 223 g/mol. The highest BCUT2D eigenvalue weighted by Crippen LogP contribution is 2.20. The molecule has 3 nitrogen and oxygen atoms in total. The summed E-state index contributed by atoms with van der Waals surface area (Å²) in [6.45, 7) is 5.05. The number of hydrogen-bond donors (Lipinski definition) is 1. The number of nitrogens with one attached hydrogen (secondary N) is 1. The van der Waals surface area contributed by atoms with E-state index in [1.807, 2.05) is 18.2 Å². The molecule has 0 spiro atoms. The van der Waals surface area contributed by atoms with Gasteiger partial charge in [-0.2, -0.15) is 0 Å². The fourth-order valence-corrected chi connectivity index (χ4v) is 1.52. The molecule has 1 aromatic carbocycles. The topological polar surface area (TPSA) is 30.5 Å². The minimum Gasteiger partial charge on any atom is -0.497 e. The van der Waals surface area contributed by atoms with Gasteiger partial charge in [0.2, 0.25) is 0 Å². The summed E-state index contributed by atoms with van der Waals surface area (Å²) in [6.07, 6.45) is 0.0671. The van der Waals surface area contributed by atoms with Crippen molar-refractivity contribution in [3.05, 3.63) is 29.8 Å². The Morgan fingerprint density at radius 3 is 2.56 bits per heavy atom. The summed E-state index contributed by atoms with van der Waals surface area (Å²) in [7, 11) is 3.40. The third kappa shape index (κ3) is 3.83. The lowest BCUT2D eigenvalue weighted by atomic mass is 10.1. The van der Waals surface area contributed by atoms with Crippen LogP contribution in [0.3, 0.4) is 0 Å². The van der Waals surface area contributed by atoms with E-state index in [-0.39, 0.29) is 6.10 Å². The third-order valence-corrected chi connectivity index (χ3v) is 2.46. The van der Waals surface area contributed by atoms with Gasteiger partial charge in [-0.15, -0.1) is 0 Å². The zero-order chi connectivity index (χ0) is 12.0. The van der Waals surface area contributed by atoms with Gasteiger partial charge in [0, 0.05) is 19.7 Å². The summed E-state index contributed by atoms with van der Waals surface area (Å²) in [5.41, 5.74) is 1.13. The van der Waals surface area contributed by atoms with Crippen molar-refractivity contribution in [3.63, 3.8) is 0 Å². The van der Waals surface area contributed by atoms with Crippen molar-refractivity contribution in [1.29, 1.82) is 0 Å². The Balaban J connectivity index is 2.70. The molecule has 0 aromatic heterocycles. The first-order valence-corrected chi connectivity index (χ1v) is 5.57. The van der Waals surface area contributed by atoms with Crippen LogP contribution < -0.4 is 10.1 Å². The number of hydrogen-bond acceptors (Lipinski definition) is 3. The highest BCUT2D eigenvalue weighted by atomic mass is 16.5. The molecule has 1 aromatic rings. The molecule has 0 aliphatic rings. The number of rotatable bonds is 6. The predicted molar refractivity (Wildman–Crippen MR) is 65.9 cm³/mol. The van der Waals surface area contributed by atoms with E-state index in [0.717, 1.165) is 17.9 Å². The molecule has 0 aliphatic heterocycles. The summed E-state index contributed by atoms with van der Waals surface area (Å²) >= 11 is 0. The average Bonchev–Trinajstić information content (AvgIpc) is 2.30. The van der Waals surface area contributed by atoms with E-state index in [1.165, 1.54) is 0 Å². The van der Waals surface area contributed by atoms with Gasteiger partial charge in [0.15, 0.2) is 0 Å². The van der Waals surface area contributed by atoms with Crippen LogP contribution in [0.5, 0.6) is 5.75 Å². The Hall–Kier alpha value is -1.06. The van der Waals surface area contributed by atoms with Gasteiger partial charge in [-0.05, 0) is 17.7 Å². The summed E-state index contributed by atoms with van der Waals surface area (Å²) in [5.74, 6) is 0.865. The van der Waals surface area contributed by atoms with Crippen LogP contribution in [0.15, 0.2) is 24.3 Å². The highest BCUT2D eigenvalue weighted by Gasteiger charge is 2.11. The van der Waals surface area contributed by atoms with E-state index in [9.17, 15) is 0 Å². The lowest BCUT2D eigenvalue weighted by Gasteiger charge is -2.18. The van der Waals surface area contributed by atoms with Crippen LogP contribution in [0.4, 0.5) is 0 Å². The van der Waals surface area contributed by atoms with Gasteiger partial charge < -0.3 is 14.8 Å². The lowest BCUT2D eigenvalue weighted by Crippen LogP contribution is -2.28. The van der Waals surface area contributed by atoms with Crippen molar-refractivity contribution in [3.8, 4) is 5.75 Å². The van der Waals surface area contributed by atoms with Crippen LogP contribution in [-0.4, -0.2) is 26.8 Å². The maximum Gasteiger partial charge on any atom is 0.119 e. The van der Waals surface area contributed by atoms with Gasteiger partial charge >= 0.3 is 0 Å². The largest absolute Gasteiger partial charge is 0.497 e. The average molecular weight is 223 g/mol. The fourth-order valence-electron chi connectivity index (χ4n) is 1.52. The van der Waals surface area contributed by atoms with Crippen molar-refractivity contribution in [2.24, 2.45) is 0 Å². The third-order valence-electron chi connectivity index (χ3n) is 2.46. The van der Waals surface area contributed by atoms with Crippen LogP contribution in [0.1, 0.15) is 25.5 Å². The molecule has 0 saturated heterocycles. The van der Waals surface area contributed by atoms with Crippen molar-refractivity contribution < 1.29 is 9.47 Å². The van der Waals surface area contributed by atoms with E-state index in [1.54, 1.807) is 14.2 Å². The SMILES string of the molecule is COc1cccc(C(CNC(C)C)OC)c1. The molecule has 1 rings (SSSR count). The summed E-state index contributed by atoms with van der Waals surface area (Å²) < 4.78 is 10.7. The molecule has 1 unspecified atom stereocenters. The zero-order valence-corrected chi connectivity index (χ0v) is 10.5. The summed E-state index contributed by atoms with van der Waals surface area (Å²) in [4.78, 5) is 0. The van der Waals surface area contributed by atoms with Gasteiger partial charge in [-0.3, -0.25) is 0 Å². The fraction of sp³-hybridized carbons (Fsp3) is 0.538. The van der Waals surface area contributed by atoms with E-state index < -0.39 is 0 Å². The summed E-state index contributed by atoms with van der Waals surface area (Å²) in [6, 6.07) is 8.44. The Kier molecular flexibility index (Phi) is 5.29. The van der Waals surface area contributed by atoms with E-state index in [0.29, 0.717) is 6.04 Å². The number of ether oxygens (including phenoxy) is 2.